The molecule has 1 aliphatic rings. The summed E-state index contributed by atoms with van der Waals surface area (Å²) in [6.07, 6.45) is 3.10. The molecule has 0 aromatic rings. The molecule has 1 heterocycles. The Morgan fingerprint density at radius 1 is 0.560 bits per heavy atom. The van der Waals surface area contributed by atoms with E-state index in [2.05, 4.69) is 37.2 Å². The van der Waals surface area contributed by atoms with Crippen LogP contribution in [0.5, 0.6) is 0 Å². The van der Waals surface area contributed by atoms with Gasteiger partial charge in [0.1, 0.15) is 54.4 Å². The van der Waals surface area contributed by atoms with Crippen molar-refractivity contribution in [1.82, 2.24) is 55.6 Å². The maximum atomic E-state index is 16.0. The van der Waals surface area contributed by atoms with Gasteiger partial charge in [-0.3, -0.25) is 52.7 Å². The fourth-order valence-corrected chi connectivity index (χ4v) is 11.5. The summed E-state index contributed by atoms with van der Waals surface area (Å²) in [5.41, 5.74) is -2.23. The van der Waals surface area contributed by atoms with Crippen molar-refractivity contribution in [3.63, 3.8) is 0 Å². The average Bonchev–Trinajstić information content (AvgIpc) is 0.776. The van der Waals surface area contributed by atoms with Crippen molar-refractivity contribution in [3.8, 4) is 0 Å². The first-order chi connectivity index (χ1) is 42.0. The van der Waals surface area contributed by atoms with Crippen LogP contribution in [0.2, 0.25) is 0 Å². The van der Waals surface area contributed by atoms with Crippen LogP contribution in [0, 0.1) is 41.4 Å². The predicted octanol–water partition coefficient (Wildman–Crippen LogP) is 4.79. The lowest BCUT2D eigenvalue weighted by molar-refractivity contribution is -0.209. The van der Waals surface area contributed by atoms with Gasteiger partial charge in [0, 0.05) is 60.1 Å². The molecule has 24 nitrogen and oxygen atoms in total. The van der Waals surface area contributed by atoms with Gasteiger partial charge >= 0.3 is 0 Å². The lowest BCUT2D eigenvalue weighted by Crippen LogP contribution is -2.70. The molecule has 11 amide bonds. The molecule has 0 aromatic carbocycles. The largest absolute Gasteiger partial charge is 0.390 e. The molecule has 5 N–H and O–H groups in total. The van der Waals surface area contributed by atoms with Gasteiger partial charge in [-0.05, 0) is 101 Å². The average molecular weight is 1350 g/mol. The van der Waals surface area contributed by atoms with E-state index in [0.29, 0.717) is 6.42 Å². The number of nitrogens with zero attached hydrogens (tertiary/aromatic N) is 7. The summed E-state index contributed by atoms with van der Waals surface area (Å²) in [5, 5.41) is 23.4. The Kier molecular flexibility index (Phi) is 34.7. The maximum Gasteiger partial charge on any atom is 0.276 e. The van der Waals surface area contributed by atoms with Crippen molar-refractivity contribution in [3.05, 3.63) is 12.2 Å². The van der Waals surface area contributed by atoms with Gasteiger partial charge in [0.15, 0.2) is 0 Å². The van der Waals surface area contributed by atoms with Crippen LogP contribution in [-0.4, -0.2) is 238 Å². The second-order valence-corrected chi connectivity index (χ2v) is 29.2. The highest BCUT2D eigenvalue weighted by Gasteiger charge is 2.55. The zero-order valence-corrected chi connectivity index (χ0v) is 61.4. The summed E-state index contributed by atoms with van der Waals surface area (Å²) < 4.78 is 6.72. The molecule has 25 heteroatoms. The van der Waals surface area contributed by atoms with Gasteiger partial charge in [-0.2, -0.15) is 0 Å². The number of carbonyl (C=O) groups is 11. The summed E-state index contributed by atoms with van der Waals surface area (Å²) in [6, 6.07) is -11.5. The lowest BCUT2D eigenvalue weighted by Gasteiger charge is -2.48. The molecule has 1 saturated heterocycles. The molecule has 0 bridgehead atoms. The summed E-state index contributed by atoms with van der Waals surface area (Å²) in [5.74, 6) is -10.7. The van der Waals surface area contributed by atoms with Crippen molar-refractivity contribution >= 4 is 80.9 Å². The van der Waals surface area contributed by atoms with Crippen LogP contribution < -0.4 is 21.3 Å². The molecule has 0 spiro atoms. The number of aliphatic hydroxyl groups is 1. The van der Waals surface area contributed by atoms with Crippen molar-refractivity contribution in [1.29, 1.82) is 0 Å². The standard InChI is InChI=1S/C66H118BrN11O13/c1-26-28-29-43(15)55(80)54-59(84)70-47(27-2)61(86)72(19)36-52(79)73(20)48(32-37(3)4)58(83)71-53(41(11)12)64(89)74(21)49(33-38(5)6)57(82)68-45(17)56(81)69-46(18)60(85)75(22)50(34-39(7)8)62(87)76(23)51(35-40(9)10)63(88)78(25)66(42(13)14,65(90)77(54)24)91-31-30-44(16)67/h26,28,37-51,53-55,80H,27,29-36H2,1-25H3,(H,68,82)(H,69,81)(H,70,84)(H,71,83)/b28-26+/t43-,44?,45+,46-,47+,48+,49+,50+,51+,53+,54+,55-,66+/m1/s1. The minimum atomic E-state index is -2.23. The monoisotopic (exact) mass is 1350 g/mol. The molecule has 13 atom stereocenters. The molecule has 0 aliphatic carbocycles. The molecular weight excluding hydrogens is 1230 g/mol. The Labute approximate surface area is 553 Å². The third-order valence-electron chi connectivity index (χ3n) is 17.2. The highest BCUT2D eigenvalue weighted by molar-refractivity contribution is 9.09. The van der Waals surface area contributed by atoms with Crippen LogP contribution in [0.3, 0.4) is 0 Å². The molecule has 0 radical (unpaired) electrons. The van der Waals surface area contributed by atoms with Crippen LogP contribution in [0.25, 0.3) is 0 Å². The number of aliphatic hydroxyl groups excluding tert-OH is 1. The zero-order chi connectivity index (χ0) is 70.6. The molecule has 1 aliphatic heterocycles. The highest BCUT2D eigenvalue weighted by atomic mass is 79.9. The third kappa shape index (κ3) is 23.1. The SMILES string of the molecule is C/C=C/C[C@@H](C)[C@@H](O)[C@H]1C(=O)N[C@@H](CC)C(=O)N(C)CC(=O)N(C)[C@@H](CC(C)C)C(=O)N[C@@H](C(C)C)C(=O)N(C)[C@@H](CC(C)C)C(=O)N[C@@H](C)C(=O)N[C@H](C)C(=O)N(C)[C@@H](CC(C)C)C(=O)N(C)[C@@H](CC(C)C)C(=O)N(C)[C@](OCCC(C)Br)(C(C)C)C(=O)N1C. The van der Waals surface area contributed by atoms with Gasteiger partial charge in [0.05, 0.1) is 19.3 Å². The lowest BCUT2D eigenvalue weighted by atomic mass is 9.89. The topological polar surface area (TPSA) is 288 Å². The number of hydrogen-bond donors (Lipinski definition) is 5. The minimum Gasteiger partial charge on any atom is -0.390 e. The molecule has 1 rings (SSSR count). The second kappa shape index (κ2) is 37.9. The fourth-order valence-electron chi connectivity index (χ4n) is 11.3. The highest BCUT2D eigenvalue weighted by Crippen LogP contribution is 2.33. The summed E-state index contributed by atoms with van der Waals surface area (Å²) in [6.45, 7) is 30.9. The fraction of sp³-hybridized carbons (Fsp3) is 0.803. The van der Waals surface area contributed by atoms with E-state index >= 15 is 19.2 Å². The number of likely N-dealkylation sites (N-methyl/N-ethyl adjacent to an activating group) is 7. The van der Waals surface area contributed by atoms with E-state index in [1.807, 2.05) is 62.3 Å². The van der Waals surface area contributed by atoms with Crippen molar-refractivity contribution in [2.75, 3.05) is 62.5 Å². The molecule has 91 heavy (non-hydrogen) atoms. The normalized spacial score (nSPS) is 27.1. The van der Waals surface area contributed by atoms with Crippen molar-refractivity contribution in [2.24, 2.45) is 41.4 Å². The number of alkyl halides is 1. The Hall–Kier alpha value is -5.69. The first-order valence-corrected chi connectivity index (χ1v) is 33.6. The zero-order valence-electron chi connectivity index (χ0n) is 59.8. The number of allylic oxidation sites excluding steroid dienone is 2. The van der Waals surface area contributed by atoms with Gasteiger partial charge in [0.25, 0.3) is 5.91 Å². The second-order valence-electron chi connectivity index (χ2n) is 27.6. The molecule has 0 saturated carbocycles. The predicted molar refractivity (Wildman–Crippen MR) is 356 cm³/mol. The Bertz CT molecular complexity index is 2490. The quantitative estimate of drug-likeness (QED) is 0.0861. The van der Waals surface area contributed by atoms with E-state index in [-0.39, 0.29) is 73.6 Å². The Morgan fingerprint density at radius 3 is 1.47 bits per heavy atom. The summed E-state index contributed by atoms with van der Waals surface area (Å²) >= 11 is 3.57. The van der Waals surface area contributed by atoms with Crippen LogP contribution in [0.4, 0.5) is 0 Å². The number of carbonyl (C=O) groups excluding carboxylic acids is 11. The first kappa shape index (κ1) is 83.3. The van der Waals surface area contributed by atoms with Crippen LogP contribution in [-0.2, 0) is 57.5 Å². The maximum absolute atomic E-state index is 16.0. The van der Waals surface area contributed by atoms with E-state index in [0.717, 1.165) is 14.7 Å². The van der Waals surface area contributed by atoms with Gasteiger partial charge in [-0.15, -0.1) is 0 Å². The Balaban J connectivity index is 4.55. The van der Waals surface area contributed by atoms with Crippen LogP contribution in [0.1, 0.15) is 170 Å². The van der Waals surface area contributed by atoms with Gasteiger partial charge in [-0.1, -0.05) is 132 Å². The van der Waals surface area contributed by atoms with E-state index < -0.39 is 155 Å². The van der Waals surface area contributed by atoms with Gasteiger partial charge in [0.2, 0.25) is 64.8 Å². The molecule has 1 unspecified atom stereocenters. The number of rotatable bonds is 19. The third-order valence-corrected chi connectivity index (χ3v) is 17.6. The Morgan fingerprint density at radius 2 is 1.01 bits per heavy atom. The molecule has 0 aromatic heterocycles. The first-order valence-electron chi connectivity index (χ1n) is 32.6. The van der Waals surface area contributed by atoms with Gasteiger partial charge in [-0.25, -0.2) is 0 Å². The summed E-state index contributed by atoms with van der Waals surface area (Å²) in [7, 11) is 9.81. The molecular formula is C66H118BrN11O13. The number of halogens is 1. The van der Waals surface area contributed by atoms with E-state index in [9.17, 15) is 38.7 Å². The molecule has 522 valence electrons. The number of amides is 11. The number of hydrogen-bond acceptors (Lipinski definition) is 13. The van der Waals surface area contributed by atoms with E-state index in [1.54, 1.807) is 60.6 Å². The number of ether oxygens (including phenoxy) is 1. The van der Waals surface area contributed by atoms with E-state index in [4.69, 9.17) is 4.74 Å². The van der Waals surface area contributed by atoms with Crippen LogP contribution in [0.15, 0.2) is 12.2 Å². The number of nitrogens with one attached hydrogen (secondary N) is 4. The smallest absolute Gasteiger partial charge is 0.276 e. The minimum absolute atomic E-state index is 0.00972. The van der Waals surface area contributed by atoms with Crippen molar-refractivity contribution in [2.45, 2.75) is 241 Å². The van der Waals surface area contributed by atoms with Crippen LogP contribution >= 0.6 is 15.9 Å². The van der Waals surface area contributed by atoms with Crippen molar-refractivity contribution < 1.29 is 62.6 Å². The van der Waals surface area contributed by atoms with Gasteiger partial charge < -0.3 is 65.4 Å². The summed E-state index contributed by atoms with van der Waals surface area (Å²) in [4.78, 5) is 171. The van der Waals surface area contributed by atoms with E-state index in [1.165, 1.54) is 82.8 Å². The molecule has 1 fully saturated rings.